The van der Waals surface area contributed by atoms with E-state index in [-0.39, 0.29) is 5.78 Å². The Bertz CT molecular complexity index is 811. The van der Waals surface area contributed by atoms with Gasteiger partial charge in [0.2, 0.25) is 0 Å². The summed E-state index contributed by atoms with van der Waals surface area (Å²) in [6, 6.07) is 15.2. The highest BCUT2D eigenvalue weighted by molar-refractivity contribution is 14.1. The molecule has 20 heavy (non-hydrogen) atoms. The van der Waals surface area contributed by atoms with Crippen LogP contribution in [0.2, 0.25) is 0 Å². The number of hydrogen-bond acceptors (Lipinski definition) is 2. The van der Waals surface area contributed by atoms with Crippen LogP contribution in [0.3, 0.4) is 0 Å². The highest BCUT2D eigenvalue weighted by atomic mass is 127. The van der Waals surface area contributed by atoms with Gasteiger partial charge in [-0.1, -0.05) is 34.1 Å². The molecule has 0 N–H and O–H groups in total. The van der Waals surface area contributed by atoms with Crippen LogP contribution in [0.25, 0.3) is 10.9 Å². The highest BCUT2D eigenvalue weighted by Gasteiger charge is 2.16. The lowest BCUT2D eigenvalue weighted by Crippen LogP contribution is -2.04. The van der Waals surface area contributed by atoms with Crippen molar-refractivity contribution in [2.45, 2.75) is 0 Å². The van der Waals surface area contributed by atoms with Crippen molar-refractivity contribution >= 4 is 55.2 Å². The van der Waals surface area contributed by atoms with E-state index in [4.69, 9.17) is 0 Å². The van der Waals surface area contributed by atoms with Gasteiger partial charge in [0.25, 0.3) is 0 Å². The van der Waals surface area contributed by atoms with Crippen molar-refractivity contribution in [3.8, 4) is 0 Å². The van der Waals surface area contributed by atoms with Crippen molar-refractivity contribution < 1.29 is 4.79 Å². The Labute approximate surface area is 138 Å². The minimum atomic E-state index is -0.0142. The van der Waals surface area contributed by atoms with Crippen LogP contribution in [0, 0.1) is 3.57 Å². The fourth-order valence-corrected chi connectivity index (χ4v) is 3.02. The zero-order valence-corrected chi connectivity index (χ0v) is 14.1. The zero-order chi connectivity index (χ0) is 14.1. The van der Waals surface area contributed by atoms with Crippen LogP contribution in [0.4, 0.5) is 0 Å². The molecule has 3 rings (SSSR count). The lowest BCUT2D eigenvalue weighted by Gasteiger charge is -2.07. The van der Waals surface area contributed by atoms with Crippen molar-refractivity contribution in [1.29, 1.82) is 0 Å². The summed E-state index contributed by atoms with van der Waals surface area (Å²) in [6.45, 7) is 0. The first-order valence-corrected chi connectivity index (χ1v) is 7.87. The van der Waals surface area contributed by atoms with Crippen LogP contribution in [-0.2, 0) is 0 Å². The molecular formula is C16H9BrINO. The van der Waals surface area contributed by atoms with Gasteiger partial charge in [-0.05, 0) is 52.9 Å². The predicted octanol–water partition coefficient (Wildman–Crippen LogP) is 4.83. The van der Waals surface area contributed by atoms with E-state index >= 15 is 0 Å². The van der Waals surface area contributed by atoms with Crippen LogP contribution < -0.4 is 0 Å². The monoisotopic (exact) mass is 437 g/mol. The topological polar surface area (TPSA) is 30.0 Å². The average molecular weight is 438 g/mol. The molecule has 0 saturated heterocycles. The molecule has 0 unspecified atom stereocenters. The van der Waals surface area contributed by atoms with E-state index in [9.17, 15) is 4.79 Å². The molecule has 2 nitrogen and oxygen atoms in total. The lowest BCUT2D eigenvalue weighted by atomic mass is 10.0. The maximum absolute atomic E-state index is 12.8. The number of benzene rings is 2. The quantitative estimate of drug-likeness (QED) is 0.424. The van der Waals surface area contributed by atoms with E-state index in [1.807, 2.05) is 48.5 Å². The van der Waals surface area contributed by atoms with Gasteiger partial charge in [-0.2, -0.15) is 0 Å². The maximum atomic E-state index is 12.8. The van der Waals surface area contributed by atoms with Crippen LogP contribution in [0.1, 0.15) is 15.9 Å². The standard InChI is InChI=1S/C16H9BrINO/c17-14-7-6-11(18)9-13(14)16(20)12-5-1-3-10-4-2-8-19-15(10)12/h1-9H. The molecule has 0 aliphatic carbocycles. The summed E-state index contributed by atoms with van der Waals surface area (Å²) in [7, 11) is 0. The Morgan fingerprint density at radius 1 is 1.05 bits per heavy atom. The third kappa shape index (κ3) is 2.50. The van der Waals surface area contributed by atoms with Gasteiger partial charge in [-0.3, -0.25) is 9.78 Å². The normalized spacial score (nSPS) is 10.7. The molecule has 0 bridgehead atoms. The number of nitrogens with zero attached hydrogens (tertiary/aromatic N) is 1. The summed E-state index contributed by atoms with van der Waals surface area (Å²) in [5, 5.41) is 0.972. The third-order valence-electron chi connectivity index (χ3n) is 3.05. The zero-order valence-electron chi connectivity index (χ0n) is 10.3. The number of carbonyl (C=O) groups is 1. The molecule has 0 aliphatic rings. The average Bonchev–Trinajstić information content (AvgIpc) is 2.48. The number of halogens is 2. The molecule has 0 aliphatic heterocycles. The number of rotatable bonds is 2. The Kier molecular flexibility index (Phi) is 3.85. The van der Waals surface area contributed by atoms with Gasteiger partial charge in [0.05, 0.1) is 5.52 Å². The Hall–Kier alpha value is -1.27. The molecule has 0 fully saturated rings. The molecule has 0 atom stereocenters. The van der Waals surface area contributed by atoms with Crippen LogP contribution in [0.15, 0.2) is 59.2 Å². The first-order chi connectivity index (χ1) is 9.66. The second kappa shape index (κ2) is 5.61. The van der Waals surface area contributed by atoms with Gasteiger partial charge in [0.15, 0.2) is 5.78 Å². The van der Waals surface area contributed by atoms with Crippen LogP contribution in [0.5, 0.6) is 0 Å². The molecule has 0 amide bonds. The minimum Gasteiger partial charge on any atom is -0.288 e. The van der Waals surface area contributed by atoms with E-state index in [1.165, 1.54) is 0 Å². The Balaban J connectivity index is 2.20. The first kappa shape index (κ1) is 13.7. The molecule has 4 heteroatoms. The van der Waals surface area contributed by atoms with Crippen LogP contribution in [-0.4, -0.2) is 10.8 Å². The largest absolute Gasteiger partial charge is 0.288 e. The highest BCUT2D eigenvalue weighted by Crippen LogP contribution is 2.25. The molecule has 0 radical (unpaired) electrons. The summed E-state index contributed by atoms with van der Waals surface area (Å²) in [5.41, 5.74) is 2.03. The molecule has 0 spiro atoms. The molecule has 1 aromatic heterocycles. The lowest BCUT2D eigenvalue weighted by molar-refractivity contribution is 0.103. The number of aromatic nitrogens is 1. The molecule has 98 valence electrons. The first-order valence-electron chi connectivity index (χ1n) is 6.00. The van der Waals surface area contributed by atoms with Gasteiger partial charge < -0.3 is 0 Å². The fourth-order valence-electron chi connectivity index (χ4n) is 2.10. The molecule has 2 aromatic carbocycles. The number of pyridine rings is 1. The number of para-hydroxylation sites is 1. The predicted molar refractivity (Wildman–Crippen MR) is 92.0 cm³/mol. The summed E-state index contributed by atoms with van der Waals surface area (Å²) in [4.78, 5) is 17.1. The summed E-state index contributed by atoms with van der Waals surface area (Å²) in [6.07, 6.45) is 1.71. The second-order valence-corrected chi connectivity index (χ2v) is 6.43. The van der Waals surface area contributed by atoms with Gasteiger partial charge in [0, 0.05) is 30.8 Å². The van der Waals surface area contributed by atoms with E-state index in [1.54, 1.807) is 6.20 Å². The number of hydrogen-bond donors (Lipinski definition) is 0. The minimum absolute atomic E-state index is 0.0142. The van der Waals surface area contributed by atoms with E-state index in [2.05, 4.69) is 43.5 Å². The number of fused-ring (bicyclic) bond motifs is 1. The van der Waals surface area contributed by atoms with E-state index in [0.717, 1.165) is 18.9 Å². The Morgan fingerprint density at radius 2 is 1.85 bits per heavy atom. The van der Waals surface area contributed by atoms with Crippen molar-refractivity contribution in [2.75, 3.05) is 0 Å². The van der Waals surface area contributed by atoms with Gasteiger partial charge in [-0.25, -0.2) is 0 Å². The van der Waals surface area contributed by atoms with E-state index in [0.29, 0.717) is 11.1 Å². The summed E-state index contributed by atoms with van der Waals surface area (Å²) in [5.74, 6) is -0.0142. The fraction of sp³-hybridized carbons (Fsp3) is 0. The van der Waals surface area contributed by atoms with Gasteiger partial charge in [-0.15, -0.1) is 0 Å². The smallest absolute Gasteiger partial charge is 0.196 e. The van der Waals surface area contributed by atoms with Crippen molar-refractivity contribution in [3.63, 3.8) is 0 Å². The van der Waals surface area contributed by atoms with Gasteiger partial charge in [0.1, 0.15) is 0 Å². The maximum Gasteiger partial charge on any atom is 0.196 e. The van der Waals surface area contributed by atoms with E-state index < -0.39 is 0 Å². The molecule has 0 saturated carbocycles. The van der Waals surface area contributed by atoms with Gasteiger partial charge >= 0.3 is 0 Å². The third-order valence-corrected chi connectivity index (χ3v) is 4.41. The Morgan fingerprint density at radius 3 is 2.70 bits per heavy atom. The van der Waals surface area contributed by atoms with Crippen LogP contribution >= 0.6 is 38.5 Å². The van der Waals surface area contributed by atoms with Crippen molar-refractivity contribution in [3.05, 3.63) is 73.9 Å². The molecule has 1 heterocycles. The second-order valence-electron chi connectivity index (χ2n) is 4.33. The van der Waals surface area contributed by atoms with Crippen molar-refractivity contribution in [2.24, 2.45) is 0 Å². The summed E-state index contributed by atoms with van der Waals surface area (Å²) >= 11 is 5.65. The number of ketones is 1. The molecule has 3 aromatic rings. The summed E-state index contributed by atoms with van der Waals surface area (Å²) < 4.78 is 1.83. The molecular weight excluding hydrogens is 429 g/mol. The van der Waals surface area contributed by atoms with Crippen molar-refractivity contribution in [1.82, 2.24) is 4.98 Å². The number of carbonyl (C=O) groups excluding carboxylic acids is 1. The SMILES string of the molecule is O=C(c1cc(I)ccc1Br)c1cccc2cccnc12.